The molecule has 3 unspecified atom stereocenters. The lowest BCUT2D eigenvalue weighted by Crippen LogP contribution is -2.57. The summed E-state index contributed by atoms with van der Waals surface area (Å²) in [7, 11) is 13.5. The van der Waals surface area contributed by atoms with Crippen LogP contribution in [0.3, 0.4) is 0 Å². The number of ether oxygens (including phenoxy) is 5. The number of piperidine rings is 9. The zero-order valence-corrected chi connectivity index (χ0v) is 69.0. The Kier molecular flexibility index (Phi) is 32.4. The van der Waals surface area contributed by atoms with E-state index in [2.05, 4.69) is 51.1 Å². The van der Waals surface area contributed by atoms with Gasteiger partial charge < -0.3 is 109 Å². The molecule has 4 bridgehead atoms. The number of likely N-dealkylation sites (N-methyl/N-ethyl adjacent to an activating group) is 1. The molecule has 0 aliphatic carbocycles. The van der Waals surface area contributed by atoms with Gasteiger partial charge >= 0.3 is 0 Å². The average molecular weight is 1650 g/mol. The Bertz CT molecular complexity index is 4100. The Morgan fingerprint density at radius 1 is 0.482 bits per heavy atom. The largest absolute Gasteiger partial charge is 0.496 e. The number of likely N-dealkylation sites (tertiary alicyclic amines) is 1. The molecule has 9 saturated heterocycles. The fourth-order valence-corrected chi connectivity index (χ4v) is 16.4. The van der Waals surface area contributed by atoms with Crippen LogP contribution in [-0.4, -0.2) is 225 Å². The molecule has 5 atom stereocenters. The number of halogens is 5. The third kappa shape index (κ3) is 23.3. The predicted molar refractivity (Wildman–Crippen MR) is 446 cm³/mol. The fourth-order valence-electron chi connectivity index (χ4n) is 15.6. The number of nitrogens with one attached hydrogen (secondary N) is 5. The van der Waals surface area contributed by atoms with Crippen LogP contribution in [0, 0.1) is 17.8 Å². The van der Waals surface area contributed by atoms with Crippen LogP contribution < -0.4 is 78.9 Å². The molecule has 6 aromatic rings. The number of rotatable bonds is 20. The number of nitrogens with two attached hydrogens (primary N) is 5. The summed E-state index contributed by atoms with van der Waals surface area (Å²) in [6.07, 6.45) is 12.1. The lowest BCUT2D eigenvalue weighted by atomic mass is 9.83. The lowest BCUT2D eigenvalue weighted by molar-refractivity contribution is -0.0135. The summed E-state index contributed by atoms with van der Waals surface area (Å²) in [5, 5.41) is 27.3. The number of aliphatic hydroxyl groups is 1. The second-order valence-electron chi connectivity index (χ2n) is 29.8. The van der Waals surface area contributed by atoms with E-state index in [9.17, 15) is 29.1 Å². The molecular weight excluding hydrogens is 1540 g/mol. The van der Waals surface area contributed by atoms with E-state index in [1.165, 1.54) is 98.9 Å². The van der Waals surface area contributed by atoms with Crippen LogP contribution in [0.5, 0.6) is 28.7 Å². The SMILES string of the molecule is COc1cc(N)c(Cl)cc1C(=O)NCC(c1ccccc1)N(C)C.COc1cc(N)c(Cl)cc1C(=O)NCC1(O)CCN(C)CC1.COc1cc(N)c(Cl)cc1C(=O)NCC1CCCN2CCCCC12.COc1cc(N)c(Cl)cc1C(=O)N[C@@H]1CN2CCC1CC2.COc1cc(N)c(Cl)cc1C(=O)N[C@H]1CN2CCC1CC2. The van der Waals surface area contributed by atoms with Gasteiger partial charge in [-0.05, 0) is 178 Å². The summed E-state index contributed by atoms with van der Waals surface area (Å²) in [5.74, 6) is 2.76. The number of anilines is 5. The van der Waals surface area contributed by atoms with Crippen molar-refractivity contribution >= 4 is 116 Å². The number of amides is 5. The first-order valence-corrected chi connectivity index (χ1v) is 39.9. The Hall–Kier alpha value is -8.12. The van der Waals surface area contributed by atoms with Crippen LogP contribution in [0.2, 0.25) is 25.1 Å². The van der Waals surface area contributed by atoms with E-state index >= 15 is 0 Å². The van der Waals surface area contributed by atoms with Gasteiger partial charge in [-0.2, -0.15) is 0 Å². The maximum absolute atomic E-state index is 12.6. The van der Waals surface area contributed by atoms with E-state index in [0.29, 0.717) is 160 Å². The topological polar surface area (TPSA) is 358 Å². The van der Waals surface area contributed by atoms with Crippen LogP contribution in [0.15, 0.2) is 91.0 Å². The number of fused-ring (bicyclic) bond motifs is 7. The van der Waals surface area contributed by atoms with Crippen molar-refractivity contribution in [2.24, 2.45) is 17.8 Å². The third-order valence-corrected chi connectivity index (χ3v) is 23.9. The molecule has 9 fully saturated rings. The standard InChI is InChI=1S/C18H26ClN3O2.C18H22ClN3O2.C15H22ClN3O3.2C15H20ClN3O2/c1-24-17-10-15(20)14(19)9-13(17)18(23)21-11-12-5-4-8-22-7-3-2-6-16(12)22;1-22(2)16(12-7-5-4-6-8-12)11-21-18(23)13-9-14(19)15(20)10-17(13)24-3;1-19-5-3-15(21,4-6-19)9-18-14(20)10-7-11(16)12(17)8-13(10)22-2;2*1-21-14-7-12(17)11(16)6-10(14)15(20)18-13-8-19-4-2-9(13)3-5-19/h9-10,12,16H,2-8,11,20H2,1H3,(H,21,23);4-10,16H,11,20H2,1-3H3,(H,21,23);7-8,21H,3-6,9,17H2,1-2H3,(H,18,20);2*6-7,9,13H,2-5,8,17H2,1H3,(H,18,20)/t;;;2*13-/m...10/s1. The van der Waals surface area contributed by atoms with Gasteiger partial charge in [-0.25, -0.2) is 0 Å². The van der Waals surface area contributed by atoms with Crippen LogP contribution in [0.1, 0.15) is 134 Å². The Balaban J connectivity index is 0.000000161. The highest BCUT2D eigenvalue weighted by molar-refractivity contribution is 6.35. The molecule has 610 valence electrons. The van der Waals surface area contributed by atoms with Crippen molar-refractivity contribution in [2.45, 2.75) is 100 Å². The number of carbonyl (C=O) groups excluding carboxylic acids is 5. The molecule has 112 heavy (non-hydrogen) atoms. The lowest BCUT2D eigenvalue weighted by Gasteiger charge is -2.44. The minimum Gasteiger partial charge on any atom is -0.496 e. The van der Waals surface area contributed by atoms with Crippen LogP contribution >= 0.6 is 58.0 Å². The van der Waals surface area contributed by atoms with Gasteiger partial charge in [0.05, 0.1) is 129 Å². The molecule has 16 N–H and O–H groups in total. The van der Waals surface area contributed by atoms with Crippen molar-refractivity contribution in [3.05, 3.63) is 149 Å². The number of hydrogen-bond acceptors (Lipinski definition) is 21. The second-order valence-corrected chi connectivity index (χ2v) is 31.9. The average Bonchev–Trinajstić information content (AvgIpc) is 0.799. The third-order valence-electron chi connectivity index (χ3n) is 22.3. The number of nitrogen functional groups attached to an aromatic ring is 5. The van der Waals surface area contributed by atoms with Gasteiger partial charge in [0.2, 0.25) is 0 Å². The van der Waals surface area contributed by atoms with Gasteiger partial charge in [0, 0.05) is 94.3 Å². The Morgan fingerprint density at radius 3 is 1.21 bits per heavy atom. The molecule has 9 aliphatic heterocycles. The van der Waals surface area contributed by atoms with Crippen molar-refractivity contribution in [3.63, 3.8) is 0 Å². The fraction of sp³-hybridized carbons (Fsp3) is 0.494. The minimum absolute atomic E-state index is 0.0606. The highest BCUT2D eigenvalue weighted by Crippen LogP contribution is 2.37. The van der Waals surface area contributed by atoms with E-state index in [1.807, 2.05) is 51.5 Å². The summed E-state index contributed by atoms with van der Waals surface area (Å²) in [6, 6.07) is 26.7. The summed E-state index contributed by atoms with van der Waals surface area (Å²) >= 11 is 30.1. The van der Waals surface area contributed by atoms with Crippen LogP contribution in [-0.2, 0) is 0 Å². The van der Waals surface area contributed by atoms with Crippen molar-refractivity contribution in [1.29, 1.82) is 0 Å². The first-order valence-electron chi connectivity index (χ1n) is 38.0. The molecule has 31 heteroatoms. The molecule has 5 amide bonds. The highest BCUT2D eigenvalue weighted by atomic mass is 35.5. The van der Waals surface area contributed by atoms with E-state index in [-0.39, 0.29) is 54.2 Å². The molecule has 15 rings (SSSR count). The van der Waals surface area contributed by atoms with Crippen LogP contribution in [0.4, 0.5) is 28.4 Å². The van der Waals surface area contributed by atoms with Crippen molar-refractivity contribution in [1.82, 2.24) is 51.1 Å². The molecule has 9 heterocycles. The zero-order chi connectivity index (χ0) is 81.1. The van der Waals surface area contributed by atoms with Gasteiger partial charge in [0.25, 0.3) is 29.5 Å². The van der Waals surface area contributed by atoms with Crippen LogP contribution in [0.25, 0.3) is 0 Å². The quantitative estimate of drug-likeness (QED) is 0.0316. The molecular formula is C81H110Cl5N15O11. The number of methoxy groups -OCH3 is 5. The molecule has 9 aliphatic rings. The smallest absolute Gasteiger partial charge is 0.255 e. The Labute approximate surface area is 682 Å². The molecule has 0 saturated carbocycles. The number of benzene rings is 6. The first kappa shape index (κ1) is 87.8. The van der Waals surface area contributed by atoms with E-state index in [0.717, 1.165) is 83.6 Å². The van der Waals surface area contributed by atoms with Crippen molar-refractivity contribution in [3.8, 4) is 28.7 Å². The van der Waals surface area contributed by atoms with Gasteiger partial charge in [0.15, 0.2) is 0 Å². The van der Waals surface area contributed by atoms with E-state index < -0.39 is 5.60 Å². The molecule has 6 aromatic carbocycles. The minimum atomic E-state index is -0.868. The summed E-state index contributed by atoms with van der Waals surface area (Å²) in [5.41, 5.74) is 32.9. The maximum Gasteiger partial charge on any atom is 0.255 e. The number of nitrogens with zero attached hydrogens (tertiary/aromatic N) is 5. The summed E-state index contributed by atoms with van der Waals surface area (Å²) < 4.78 is 26.2. The molecule has 0 spiro atoms. The normalized spacial score (nSPS) is 21.6. The highest BCUT2D eigenvalue weighted by Gasteiger charge is 2.39. The predicted octanol–water partition coefficient (Wildman–Crippen LogP) is 10.5. The van der Waals surface area contributed by atoms with Crippen molar-refractivity contribution in [2.75, 3.05) is 170 Å². The van der Waals surface area contributed by atoms with Crippen molar-refractivity contribution < 1.29 is 52.8 Å². The molecule has 0 radical (unpaired) electrons. The number of carbonyl (C=O) groups is 5. The van der Waals surface area contributed by atoms with Gasteiger partial charge in [-0.3, -0.25) is 24.0 Å². The monoisotopic (exact) mass is 1640 g/mol. The zero-order valence-electron chi connectivity index (χ0n) is 65.2. The summed E-state index contributed by atoms with van der Waals surface area (Å²) in [4.78, 5) is 74.1. The number of hydrogen-bond donors (Lipinski definition) is 11. The maximum atomic E-state index is 12.6. The van der Waals surface area contributed by atoms with Gasteiger partial charge in [-0.1, -0.05) is 94.8 Å². The molecule has 0 aromatic heterocycles. The summed E-state index contributed by atoms with van der Waals surface area (Å²) in [6.45, 7) is 11.8. The molecule has 26 nitrogen and oxygen atoms in total. The van der Waals surface area contributed by atoms with Gasteiger partial charge in [0.1, 0.15) is 28.7 Å². The van der Waals surface area contributed by atoms with E-state index in [4.69, 9.17) is 110 Å². The van der Waals surface area contributed by atoms with Gasteiger partial charge in [-0.15, -0.1) is 0 Å². The Morgan fingerprint density at radius 2 is 0.848 bits per heavy atom. The second kappa shape index (κ2) is 41.3. The first-order chi connectivity index (χ1) is 53.5. The van der Waals surface area contributed by atoms with E-state index in [1.54, 1.807) is 42.5 Å².